The zero-order valence-corrected chi connectivity index (χ0v) is 6.08. The highest BCUT2D eigenvalue weighted by Gasteiger charge is 2.26. The topological polar surface area (TPSA) is 46.8 Å². The summed E-state index contributed by atoms with van der Waals surface area (Å²) in [5, 5.41) is 8.32. The van der Waals surface area contributed by atoms with Crippen LogP contribution in [-0.4, -0.2) is 15.6 Å². The Kier molecular flexibility index (Phi) is 2.32. The van der Waals surface area contributed by atoms with Crippen molar-refractivity contribution in [2.24, 2.45) is 0 Å². The molecule has 0 spiro atoms. The van der Waals surface area contributed by atoms with Gasteiger partial charge in [-0.05, 0) is 25.0 Å². The van der Waals surface area contributed by atoms with Gasteiger partial charge in [-0.25, -0.2) is 0 Å². The predicted octanol–water partition coefficient (Wildman–Crippen LogP) is 0.667. The first kappa shape index (κ1) is 7.80. The van der Waals surface area contributed by atoms with Crippen LogP contribution < -0.4 is 0 Å². The monoisotopic (exact) mass is 131 g/mol. The molecule has 8 heavy (non-hydrogen) atoms. The van der Waals surface area contributed by atoms with Crippen molar-refractivity contribution in [2.75, 3.05) is 6.26 Å². The largest absolute Gasteiger partial charge is 0.615 e. The second-order valence-corrected chi connectivity index (χ2v) is 4.01. The molecule has 0 aromatic carbocycles. The normalized spacial score (nSPS) is 14.9. The van der Waals surface area contributed by atoms with Gasteiger partial charge >= 0.3 is 0 Å². The van der Waals surface area contributed by atoms with Crippen molar-refractivity contribution in [2.45, 2.75) is 18.6 Å². The van der Waals surface area contributed by atoms with E-state index in [1.165, 1.54) is 6.26 Å². The van der Waals surface area contributed by atoms with Crippen LogP contribution in [0.15, 0.2) is 0 Å². The van der Waals surface area contributed by atoms with E-state index in [4.69, 9.17) is 5.26 Å². The highest BCUT2D eigenvalue weighted by atomic mass is 32.2. The number of rotatable bonds is 1. The summed E-state index contributed by atoms with van der Waals surface area (Å²) in [4.78, 5) is 0. The Morgan fingerprint density at radius 3 is 2.00 bits per heavy atom. The maximum absolute atomic E-state index is 10.6. The molecule has 1 unspecified atom stereocenters. The van der Waals surface area contributed by atoms with Crippen molar-refractivity contribution in [3.05, 3.63) is 0 Å². The van der Waals surface area contributed by atoms with Gasteiger partial charge in [-0.3, -0.25) is 0 Å². The fraction of sp³-hybridized carbons (Fsp3) is 0.800. The first-order valence-electron chi connectivity index (χ1n) is 2.25. The molecule has 3 heteroatoms. The van der Waals surface area contributed by atoms with E-state index in [1.54, 1.807) is 13.8 Å². The van der Waals surface area contributed by atoms with Gasteiger partial charge in [-0.1, -0.05) is 0 Å². The first-order valence-corrected chi connectivity index (χ1v) is 3.81. The molecular weight excluding hydrogens is 122 g/mol. The van der Waals surface area contributed by atoms with Crippen LogP contribution >= 0.6 is 0 Å². The molecule has 0 radical (unpaired) electrons. The minimum absolute atomic E-state index is 0.681. The lowest BCUT2D eigenvalue weighted by Gasteiger charge is -2.16. The van der Waals surface area contributed by atoms with Crippen molar-refractivity contribution in [3.8, 4) is 6.07 Å². The first-order chi connectivity index (χ1) is 3.50. The third-order valence-electron chi connectivity index (χ3n) is 0.988. The van der Waals surface area contributed by atoms with Crippen molar-refractivity contribution in [1.82, 2.24) is 0 Å². The fourth-order valence-electron chi connectivity index (χ4n) is 0.0643. The van der Waals surface area contributed by atoms with Crippen LogP contribution in [0.25, 0.3) is 0 Å². The highest BCUT2D eigenvalue weighted by Crippen LogP contribution is 2.11. The average molecular weight is 131 g/mol. The molecule has 0 aliphatic carbocycles. The Bertz CT molecular complexity index is 114. The summed E-state index contributed by atoms with van der Waals surface area (Å²) in [6, 6.07) is 1.94. The molecule has 0 aliphatic rings. The molecule has 46 valence electrons. The van der Waals surface area contributed by atoms with Gasteiger partial charge in [0.1, 0.15) is 6.07 Å². The lowest BCUT2D eigenvalue weighted by molar-refractivity contribution is 0.579. The van der Waals surface area contributed by atoms with Gasteiger partial charge in [0, 0.05) is 0 Å². The zero-order valence-electron chi connectivity index (χ0n) is 5.26. The molecule has 0 amide bonds. The van der Waals surface area contributed by atoms with Crippen LogP contribution in [0.1, 0.15) is 13.8 Å². The summed E-state index contributed by atoms with van der Waals surface area (Å²) in [5.41, 5.74) is 0. The molecule has 0 bridgehead atoms. The minimum Gasteiger partial charge on any atom is -0.615 e. The molecule has 0 fully saturated rings. The van der Waals surface area contributed by atoms with Gasteiger partial charge < -0.3 is 4.55 Å². The van der Waals surface area contributed by atoms with Crippen LogP contribution in [0.2, 0.25) is 0 Å². The Labute approximate surface area is 52.7 Å². The van der Waals surface area contributed by atoms with Crippen molar-refractivity contribution in [1.29, 1.82) is 5.26 Å². The van der Waals surface area contributed by atoms with Crippen molar-refractivity contribution >= 4 is 11.2 Å². The second-order valence-electron chi connectivity index (χ2n) is 2.08. The Balaban J connectivity index is 3.97. The molecule has 0 saturated carbocycles. The van der Waals surface area contributed by atoms with Gasteiger partial charge in [-0.2, -0.15) is 5.26 Å². The second kappa shape index (κ2) is 2.38. The number of hydrogen-bond donors (Lipinski definition) is 0. The van der Waals surface area contributed by atoms with Crippen LogP contribution in [0.3, 0.4) is 0 Å². The van der Waals surface area contributed by atoms with Gasteiger partial charge in [0.15, 0.2) is 0 Å². The molecule has 0 aliphatic heterocycles. The van der Waals surface area contributed by atoms with E-state index in [1.807, 2.05) is 6.07 Å². The highest BCUT2D eigenvalue weighted by molar-refractivity contribution is 7.92. The fourth-order valence-corrected chi connectivity index (χ4v) is 0.193. The quantitative estimate of drug-likeness (QED) is 0.491. The SMILES string of the molecule is C[S+]([O-])C(C)(C)C#N. The average Bonchev–Trinajstić information content (AvgIpc) is 1.67. The van der Waals surface area contributed by atoms with E-state index in [-0.39, 0.29) is 0 Å². The van der Waals surface area contributed by atoms with Crippen molar-refractivity contribution < 1.29 is 4.55 Å². The van der Waals surface area contributed by atoms with Gasteiger partial charge in [0.2, 0.25) is 4.75 Å². The molecule has 0 aromatic rings. The Hall–Kier alpha value is -0.200. The van der Waals surface area contributed by atoms with Gasteiger partial charge in [0.25, 0.3) is 0 Å². The van der Waals surface area contributed by atoms with E-state index in [9.17, 15) is 4.55 Å². The lowest BCUT2D eigenvalue weighted by atomic mass is 10.2. The van der Waals surface area contributed by atoms with E-state index >= 15 is 0 Å². The summed E-state index contributed by atoms with van der Waals surface area (Å²) >= 11 is -1.04. The minimum atomic E-state index is -1.04. The van der Waals surface area contributed by atoms with Crippen LogP contribution in [0, 0.1) is 11.3 Å². The smallest absolute Gasteiger partial charge is 0.204 e. The Morgan fingerprint density at radius 1 is 1.62 bits per heavy atom. The molecule has 0 aromatic heterocycles. The van der Waals surface area contributed by atoms with E-state index in [0.29, 0.717) is 0 Å². The third-order valence-corrected chi connectivity index (χ3v) is 2.52. The number of nitriles is 1. The molecule has 0 rings (SSSR count). The summed E-state index contributed by atoms with van der Waals surface area (Å²) < 4.78 is 9.90. The summed E-state index contributed by atoms with van der Waals surface area (Å²) in [6.07, 6.45) is 1.53. The van der Waals surface area contributed by atoms with E-state index in [0.717, 1.165) is 0 Å². The van der Waals surface area contributed by atoms with Crippen molar-refractivity contribution in [3.63, 3.8) is 0 Å². The summed E-state index contributed by atoms with van der Waals surface area (Å²) in [6.45, 7) is 3.31. The number of hydrogen-bond acceptors (Lipinski definition) is 2. The maximum Gasteiger partial charge on any atom is 0.204 e. The zero-order chi connectivity index (χ0) is 6.78. The number of nitrogens with zero attached hydrogens (tertiary/aromatic N) is 1. The van der Waals surface area contributed by atoms with Crippen LogP contribution in [0.4, 0.5) is 0 Å². The maximum atomic E-state index is 10.6. The standard InChI is InChI=1S/C5H9NOS/c1-5(2,4-6)8(3)7/h1-3H3. The predicted molar refractivity (Wildman–Crippen MR) is 33.8 cm³/mol. The molecule has 0 N–H and O–H groups in total. The summed E-state index contributed by atoms with van der Waals surface area (Å²) in [5.74, 6) is 0. The molecule has 2 nitrogen and oxygen atoms in total. The molecular formula is C5H9NOS. The summed E-state index contributed by atoms with van der Waals surface area (Å²) in [7, 11) is 0. The van der Waals surface area contributed by atoms with Gasteiger partial charge in [0.05, 0.1) is 6.26 Å². The molecule has 1 atom stereocenters. The van der Waals surface area contributed by atoms with Crippen LogP contribution in [0.5, 0.6) is 0 Å². The van der Waals surface area contributed by atoms with E-state index in [2.05, 4.69) is 0 Å². The van der Waals surface area contributed by atoms with E-state index < -0.39 is 15.9 Å². The Morgan fingerprint density at radius 2 is 2.00 bits per heavy atom. The van der Waals surface area contributed by atoms with Gasteiger partial charge in [-0.15, -0.1) is 0 Å². The molecule has 0 heterocycles. The third kappa shape index (κ3) is 1.73. The molecule has 0 saturated heterocycles. The van der Waals surface area contributed by atoms with Crippen LogP contribution in [-0.2, 0) is 11.2 Å². The lowest BCUT2D eigenvalue weighted by Crippen LogP contribution is -2.28.